The van der Waals surface area contributed by atoms with E-state index in [0.29, 0.717) is 30.9 Å². The zero-order chi connectivity index (χ0) is 16.9. The summed E-state index contributed by atoms with van der Waals surface area (Å²) >= 11 is 0. The van der Waals surface area contributed by atoms with Crippen molar-refractivity contribution < 1.29 is 14.3 Å². The van der Waals surface area contributed by atoms with E-state index in [2.05, 4.69) is 10.2 Å². The fourth-order valence-electron chi connectivity index (χ4n) is 4.14. The van der Waals surface area contributed by atoms with E-state index in [1.165, 1.54) is 12.8 Å². The second-order valence-corrected chi connectivity index (χ2v) is 7.41. The van der Waals surface area contributed by atoms with E-state index in [9.17, 15) is 9.59 Å². The van der Waals surface area contributed by atoms with E-state index in [-0.39, 0.29) is 11.9 Å². The summed E-state index contributed by atoms with van der Waals surface area (Å²) in [6, 6.07) is -0.0393. The summed E-state index contributed by atoms with van der Waals surface area (Å²) < 4.78 is 5.04. The SMILES string of the molecule is COCCNC(=O)C(C1CCCC1)N1CCN(C(=O)C2CC2)CC1. The Morgan fingerprint density at radius 1 is 1.08 bits per heavy atom. The Bertz CT molecular complexity index is 439. The second kappa shape index (κ2) is 8.30. The quantitative estimate of drug-likeness (QED) is 0.700. The summed E-state index contributed by atoms with van der Waals surface area (Å²) in [4.78, 5) is 29.3. The molecule has 1 atom stereocenters. The zero-order valence-electron chi connectivity index (χ0n) is 14.8. The van der Waals surface area contributed by atoms with E-state index in [1.807, 2.05) is 4.90 Å². The van der Waals surface area contributed by atoms with E-state index in [4.69, 9.17) is 4.74 Å². The van der Waals surface area contributed by atoms with Gasteiger partial charge in [0.25, 0.3) is 0 Å². The van der Waals surface area contributed by atoms with Crippen molar-refractivity contribution in [2.75, 3.05) is 46.4 Å². The monoisotopic (exact) mass is 337 g/mol. The summed E-state index contributed by atoms with van der Waals surface area (Å²) in [5.74, 6) is 1.22. The molecule has 0 aromatic heterocycles. The fourth-order valence-corrected chi connectivity index (χ4v) is 4.14. The number of nitrogens with one attached hydrogen (secondary N) is 1. The van der Waals surface area contributed by atoms with Crippen LogP contribution >= 0.6 is 0 Å². The number of ether oxygens (including phenoxy) is 1. The smallest absolute Gasteiger partial charge is 0.237 e. The first-order valence-corrected chi connectivity index (χ1v) is 9.50. The second-order valence-electron chi connectivity index (χ2n) is 7.41. The molecule has 1 saturated heterocycles. The number of nitrogens with zero attached hydrogens (tertiary/aromatic N) is 2. The molecule has 0 radical (unpaired) electrons. The van der Waals surface area contributed by atoms with E-state index in [0.717, 1.165) is 51.9 Å². The molecule has 0 spiro atoms. The molecule has 136 valence electrons. The van der Waals surface area contributed by atoms with Crippen LogP contribution in [-0.2, 0) is 14.3 Å². The third-order valence-corrected chi connectivity index (χ3v) is 5.67. The van der Waals surface area contributed by atoms with Crippen molar-refractivity contribution in [3.05, 3.63) is 0 Å². The third-order valence-electron chi connectivity index (χ3n) is 5.67. The van der Waals surface area contributed by atoms with Gasteiger partial charge in [0.1, 0.15) is 0 Å². The number of methoxy groups -OCH3 is 1. The molecule has 6 heteroatoms. The molecule has 0 aromatic rings. The highest BCUT2D eigenvalue weighted by molar-refractivity contribution is 5.82. The summed E-state index contributed by atoms with van der Waals surface area (Å²) in [6.45, 7) is 4.29. The van der Waals surface area contributed by atoms with E-state index >= 15 is 0 Å². The number of carbonyl (C=O) groups excluding carboxylic acids is 2. The van der Waals surface area contributed by atoms with Gasteiger partial charge in [0, 0.05) is 45.8 Å². The molecule has 1 N–H and O–H groups in total. The molecule has 2 aliphatic carbocycles. The molecule has 2 amide bonds. The van der Waals surface area contributed by atoms with Gasteiger partial charge in [-0.25, -0.2) is 0 Å². The lowest BCUT2D eigenvalue weighted by atomic mass is 9.95. The number of amides is 2. The van der Waals surface area contributed by atoms with Crippen LogP contribution in [-0.4, -0.2) is 74.1 Å². The van der Waals surface area contributed by atoms with Crippen molar-refractivity contribution >= 4 is 11.8 Å². The highest BCUT2D eigenvalue weighted by Crippen LogP contribution is 2.33. The molecule has 1 heterocycles. The van der Waals surface area contributed by atoms with Crippen molar-refractivity contribution in [1.82, 2.24) is 15.1 Å². The van der Waals surface area contributed by atoms with Gasteiger partial charge in [-0.2, -0.15) is 0 Å². The molecule has 3 fully saturated rings. The number of piperazine rings is 1. The maximum atomic E-state index is 12.7. The van der Waals surface area contributed by atoms with Crippen LogP contribution in [0.25, 0.3) is 0 Å². The average molecular weight is 337 g/mol. The Morgan fingerprint density at radius 2 is 1.75 bits per heavy atom. The number of rotatable bonds is 7. The van der Waals surface area contributed by atoms with Gasteiger partial charge in [-0.05, 0) is 31.6 Å². The van der Waals surface area contributed by atoms with Crippen molar-refractivity contribution in [2.24, 2.45) is 11.8 Å². The van der Waals surface area contributed by atoms with Crippen LogP contribution in [0.5, 0.6) is 0 Å². The first kappa shape index (κ1) is 17.7. The predicted molar refractivity (Wildman–Crippen MR) is 91.5 cm³/mol. The first-order chi connectivity index (χ1) is 11.7. The molecular formula is C18H31N3O3. The summed E-state index contributed by atoms with van der Waals surface area (Å²) in [6.07, 6.45) is 6.86. The molecular weight excluding hydrogens is 306 g/mol. The van der Waals surface area contributed by atoms with Crippen LogP contribution in [0.3, 0.4) is 0 Å². The number of hydrogen-bond acceptors (Lipinski definition) is 4. The van der Waals surface area contributed by atoms with Crippen LogP contribution < -0.4 is 5.32 Å². The topological polar surface area (TPSA) is 61.9 Å². The van der Waals surface area contributed by atoms with Gasteiger partial charge in [0.05, 0.1) is 12.6 Å². The molecule has 3 rings (SSSR count). The number of carbonyl (C=O) groups is 2. The fraction of sp³-hybridized carbons (Fsp3) is 0.889. The van der Waals surface area contributed by atoms with Gasteiger partial charge in [0.15, 0.2) is 0 Å². The van der Waals surface area contributed by atoms with Gasteiger partial charge in [-0.1, -0.05) is 12.8 Å². The minimum Gasteiger partial charge on any atom is -0.383 e. The summed E-state index contributed by atoms with van der Waals surface area (Å²) in [5.41, 5.74) is 0. The standard InChI is InChI=1S/C18H31N3O3/c1-24-13-8-19-17(22)16(14-4-2-3-5-14)20-9-11-21(12-10-20)18(23)15-6-7-15/h14-16H,2-13H2,1H3,(H,19,22). The Morgan fingerprint density at radius 3 is 2.33 bits per heavy atom. The van der Waals surface area contributed by atoms with E-state index in [1.54, 1.807) is 7.11 Å². The van der Waals surface area contributed by atoms with Gasteiger partial charge < -0.3 is 15.0 Å². The Labute approximate surface area is 144 Å². The van der Waals surface area contributed by atoms with E-state index < -0.39 is 0 Å². The normalized spacial score (nSPS) is 24.1. The minimum absolute atomic E-state index is 0.0393. The largest absolute Gasteiger partial charge is 0.383 e. The molecule has 0 bridgehead atoms. The number of hydrogen-bond donors (Lipinski definition) is 1. The molecule has 2 saturated carbocycles. The average Bonchev–Trinajstić information content (AvgIpc) is 3.32. The molecule has 0 aromatic carbocycles. The zero-order valence-corrected chi connectivity index (χ0v) is 14.8. The Balaban J connectivity index is 1.56. The third kappa shape index (κ3) is 4.28. The Kier molecular flexibility index (Phi) is 6.11. The molecule has 6 nitrogen and oxygen atoms in total. The lowest BCUT2D eigenvalue weighted by molar-refractivity contribution is -0.136. The van der Waals surface area contributed by atoms with Crippen molar-refractivity contribution in [3.8, 4) is 0 Å². The lowest BCUT2D eigenvalue weighted by Gasteiger charge is -2.40. The van der Waals surface area contributed by atoms with Gasteiger partial charge in [-0.15, -0.1) is 0 Å². The highest BCUT2D eigenvalue weighted by atomic mass is 16.5. The lowest BCUT2D eigenvalue weighted by Crippen LogP contribution is -2.58. The van der Waals surface area contributed by atoms with Crippen molar-refractivity contribution in [2.45, 2.75) is 44.6 Å². The van der Waals surface area contributed by atoms with Crippen LogP contribution in [0.2, 0.25) is 0 Å². The summed E-state index contributed by atoms with van der Waals surface area (Å²) in [7, 11) is 1.65. The Hall–Kier alpha value is -1.14. The van der Waals surface area contributed by atoms with Gasteiger partial charge in [0.2, 0.25) is 11.8 Å². The highest BCUT2D eigenvalue weighted by Gasteiger charge is 2.39. The van der Waals surface area contributed by atoms with Crippen LogP contribution in [0, 0.1) is 11.8 Å². The summed E-state index contributed by atoms with van der Waals surface area (Å²) in [5, 5.41) is 3.03. The van der Waals surface area contributed by atoms with Crippen LogP contribution in [0.1, 0.15) is 38.5 Å². The van der Waals surface area contributed by atoms with Crippen LogP contribution in [0.15, 0.2) is 0 Å². The molecule has 3 aliphatic rings. The predicted octanol–water partition coefficient (Wildman–Crippen LogP) is 0.862. The minimum atomic E-state index is -0.0393. The maximum absolute atomic E-state index is 12.7. The molecule has 1 unspecified atom stereocenters. The maximum Gasteiger partial charge on any atom is 0.237 e. The van der Waals surface area contributed by atoms with Crippen molar-refractivity contribution in [1.29, 1.82) is 0 Å². The van der Waals surface area contributed by atoms with Crippen LogP contribution in [0.4, 0.5) is 0 Å². The molecule has 1 aliphatic heterocycles. The van der Waals surface area contributed by atoms with Gasteiger partial charge >= 0.3 is 0 Å². The first-order valence-electron chi connectivity index (χ1n) is 9.50. The van der Waals surface area contributed by atoms with Crippen molar-refractivity contribution in [3.63, 3.8) is 0 Å². The van der Waals surface area contributed by atoms with Gasteiger partial charge in [-0.3, -0.25) is 14.5 Å². The molecule has 24 heavy (non-hydrogen) atoms.